The molecule has 0 amide bonds. The normalized spacial score (nSPS) is 23.6. The molecule has 1 fully saturated rings. The lowest BCUT2D eigenvalue weighted by Gasteiger charge is -2.40. The lowest BCUT2D eigenvalue weighted by molar-refractivity contribution is -0.204. The lowest BCUT2D eigenvalue weighted by Crippen LogP contribution is -2.58. The van der Waals surface area contributed by atoms with E-state index in [4.69, 9.17) is 14.2 Å². The average molecular weight is 514 g/mol. The van der Waals surface area contributed by atoms with Gasteiger partial charge in [-0.05, 0) is 47.5 Å². The molecule has 2 aromatic carbocycles. The fraction of sp³-hybridized carbons (Fsp3) is 0.269. The fourth-order valence-electron chi connectivity index (χ4n) is 3.77. The van der Waals surface area contributed by atoms with Crippen molar-refractivity contribution in [1.29, 1.82) is 0 Å². The molecule has 1 aliphatic carbocycles. The van der Waals surface area contributed by atoms with Gasteiger partial charge in [0, 0.05) is 25.0 Å². The van der Waals surface area contributed by atoms with Crippen molar-refractivity contribution in [2.45, 2.75) is 36.8 Å². The Morgan fingerprint density at radius 3 is 2.11 bits per heavy atom. The van der Waals surface area contributed by atoms with Crippen LogP contribution in [0.15, 0.2) is 54.6 Å². The third-order valence-corrected chi connectivity index (χ3v) is 5.67. The minimum Gasteiger partial charge on any atom is -0.508 e. The first-order chi connectivity index (χ1) is 17.5. The van der Waals surface area contributed by atoms with Gasteiger partial charge in [0.1, 0.15) is 11.9 Å². The summed E-state index contributed by atoms with van der Waals surface area (Å²) in [6.07, 6.45) is -1.15. The number of aliphatic carboxylic acids is 1. The zero-order chi connectivity index (χ0) is 27.2. The third-order valence-electron chi connectivity index (χ3n) is 5.67. The number of methoxy groups -OCH3 is 1. The standard InChI is InChI=1S/C26H26O11/c1-35-20-9-4-16(12-18(20)28)6-11-22(30)36-21-14-26(34,25(32)33)13-19(29)24(21)37-23(31)10-5-15-2-7-17(27)8-3-15/h2-12,19,21,24,27-29,34H,13-14H2,1H3,(H,32,33)/b10-5+,11-6+/t19-,21-,24+,26-/m1/s1. The molecule has 0 aromatic heterocycles. The van der Waals surface area contributed by atoms with E-state index in [1.165, 1.54) is 43.5 Å². The summed E-state index contributed by atoms with van der Waals surface area (Å²) in [5, 5.41) is 49.5. The first kappa shape index (κ1) is 27.2. The van der Waals surface area contributed by atoms with Crippen LogP contribution in [0.4, 0.5) is 0 Å². The van der Waals surface area contributed by atoms with Crippen molar-refractivity contribution in [1.82, 2.24) is 0 Å². The Morgan fingerprint density at radius 1 is 0.919 bits per heavy atom. The van der Waals surface area contributed by atoms with Crippen molar-refractivity contribution < 1.29 is 54.1 Å². The van der Waals surface area contributed by atoms with Crippen molar-refractivity contribution in [2.75, 3.05) is 7.11 Å². The van der Waals surface area contributed by atoms with Gasteiger partial charge in [0.2, 0.25) is 0 Å². The van der Waals surface area contributed by atoms with Crippen molar-refractivity contribution in [3.8, 4) is 17.2 Å². The number of aliphatic hydroxyl groups excluding tert-OH is 1. The van der Waals surface area contributed by atoms with Gasteiger partial charge in [-0.15, -0.1) is 0 Å². The van der Waals surface area contributed by atoms with E-state index >= 15 is 0 Å². The Balaban J connectivity index is 1.74. The summed E-state index contributed by atoms with van der Waals surface area (Å²) < 4.78 is 15.5. The highest BCUT2D eigenvalue weighted by molar-refractivity contribution is 5.88. The molecule has 2 aromatic rings. The minimum absolute atomic E-state index is 0.0403. The molecule has 11 heteroatoms. The maximum atomic E-state index is 12.5. The number of aromatic hydroxyl groups is 2. The molecule has 1 saturated carbocycles. The van der Waals surface area contributed by atoms with E-state index in [9.17, 15) is 39.9 Å². The summed E-state index contributed by atoms with van der Waals surface area (Å²) >= 11 is 0. The van der Waals surface area contributed by atoms with Crippen LogP contribution >= 0.6 is 0 Å². The molecule has 5 N–H and O–H groups in total. The number of rotatable bonds is 8. The summed E-state index contributed by atoms with van der Waals surface area (Å²) in [4.78, 5) is 36.4. The quantitative estimate of drug-likeness (QED) is 0.255. The van der Waals surface area contributed by atoms with Gasteiger partial charge in [-0.2, -0.15) is 0 Å². The fourth-order valence-corrected chi connectivity index (χ4v) is 3.77. The number of carbonyl (C=O) groups excluding carboxylic acids is 2. The molecule has 3 rings (SSSR count). The molecule has 37 heavy (non-hydrogen) atoms. The summed E-state index contributed by atoms with van der Waals surface area (Å²) in [6.45, 7) is 0. The van der Waals surface area contributed by atoms with E-state index in [0.29, 0.717) is 11.1 Å². The highest BCUT2D eigenvalue weighted by Crippen LogP contribution is 2.33. The molecule has 0 spiro atoms. The molecule has 0 saturated heterocycles. The predicted molar refractivity (Wildman–Crippen MR) is 128 cm³/mol. The first-order valence-corrected chi connectivity index (χ1v) is 11.1. The molecular weight excluding hydrogens is 488 g/mol. The number of esters is 2. The predicted octanol–water partition coefficient (Wildman–Crippen LogP) is 1.63. The van der Waals surface area contributed by atoms with Gasteiger partial charge in [-0.25, -0.2) is 14.4 Å². The third kappa shape index (κ3) is 7.09. The number of carbonyl (C=O) groups is 3. The summed E-state index contributed by atoms with van der Waals surface area (Å²) in [5.41, 5.74) is -1.43. The SMILES string of the molecule is COc1ccc(/C=C/C(=O)O[C@@H]2C[C@@](O)(C(=O)O)C[C@@H](O)[C@@H]2OC(=O)/C=C/c2ccc(O)cc2)cc1O. The van der Waals surface area contributed by atoms with Crippen LogP contribution in [0, 0.1) is 0 Å². The van der Waals surface area contributed by atoms with Gasteiger partial charge in [-0.3, -0.25) is 0 Å². The molecule has 11 nitrogen and oxygen atoms in total. The molecule has 0 aliphatic heterocycles. The smallest absolute Gasteiger partial charge is 0.335 e. The van der Waals surface area contributed by atoms with Crippen molar-refractivity contribution in [3.05, 3.63) is 65.7 Å². The van der Waals surface area contributed by atoms with Crippen LogP contribution in [-0.4, -0.2) is 74.5 Å². The molecule has 1 aliphatic rings. The van der Waals surface area contributed by atoms with E-state index in [2.05, 4.69) is 0 Å². The molecule has 0 unspecified atom stereocenters. The van der Waals surface area contributed by atoms with Gasteiger partial charge >= 0.3 is 17.9 Å². The van der Waals surface area contributed by atoms with E-state index in [-0.39, 0.29) is 17.2 Å². The maximum Gasteiger partial charge on any atom is 0.335 e. The number of phenols is 2. The Labute approximate surface area is 211 Å². The number of hydrogen-bond donors (Lipinski definition) is 5. The molecule has 0 heterocycles. The Morgan fingerprint density at radius 2 is 1.51 bits per heavy atom. The second kappa shape index (κ2) is 11.6. The van der Waals surface area contributed by atoms with Crippen molar-refractivity contribution in [2.24, 2.45) is 0 Å². The van der Waals surface area contributed by atoms with E-state index in [0.717, 1.165) is 12.2 Å². The number of aliphatic hydroxyl groups is 2. The molecule has 0 bridgehead atoms. The van der Waals surface area contributed by atoms with Gasteiger partial charge < -0.3 is 39.7 Å². The minimum atomic E-state index is -2.42. The van der Waals surface area contributed by atoms with Gasteiger partial charge in [0.15, 0.2) is 23.2 Å². The van der Waals surface area contributed by atoms with Gasteiger partial charge in [-0.1, -0.05) is 18.2 Å². The summed E-state index contributed by atoms with van der Waals surface area (Å²) in [7, 11) is 1.38. The highest BCUT2D eigenvalue weighted by atomic mass is 16.6. The zero-order valence-electron chi connectivity index (χ0n) is 19.7. The van der Waals surface area contributed by atoms with Gasteiger partial charge in [0.05, 0.1) is 13.2 Å². The number of ether oxygens (including phenoxy) is 3. The number of carboxylic acid groups (broad SMARTS) is 1. The molecule has 0 radical (unpaired) electrons. The first-order valence-electron chi connectivity index (χ1n) is 11.1. The number of benzene rings is 2. The largest absolute Gasteiger partial charge is 0.508 e. The summed E-state index contributed by atoms with van der Waals surface area (Å²) in [6, 6.07) is 10.3. The highest BCUT2D eigenvalue weighted by Gasteiger charge is 2.52. The Hall–Kier alpha value is -4.35. The van der Waals surface area contributed by atoms with Crippen LogP contribution in [0.1, 0.15) is 24.0 Å². The van der Waals surface area contributed by atoms with Crippen LogP contribution in [0.3, 0.4) is 0 Å². The van der Waals surface area contributed by atoms with Crippen LogP contribution < -0.4 is 4.74 Å². The van der Waals surface area contributed by atoms with E-state index in [1.807, 2.05) is 0 Å². The summed E-state index contributed by atoms with van der Waals surface area (Å²) in [5.74, 6) is -3.40. The van der Waals surface area contributed by atoms with E-state index < -0.39 is 54.7 Å². The van der Waals surface area contributed by atoms with Crippen LogP contribution in [0.5, 0.6) is 17.2 Å². The average Bonchev–Trinajstić information content (AvgIpc) is 2.84. The Kier molecular flexibility index (Phi) is 8.53. The monoisotopic (exact) mass is 514 g/mol. The van der Waals surface area contributed by atoms with Crippen LogP contribution in [-0.2, 0) is 23.9 Å². The number of hydrogen-bond acceptors (Lipinski definition) is 10. The van der Waals surface area contributed by atoms with Gasteiger partial charge in [0.25, 0.3) is 0 Å². The number of phenolic OH excluding ortho intramolecular Hbond substituents is 2. The van der Waals surface area contributed by atoms with E-state index in [1.54, 1.807) is 18.2 Å². The maximum absolute atomic E-state index is 12.5. The second-order valence-corrected chi connectivity index (χ2v) is 8.38. The van der Waals surface area contributed by atoms with Crippen molar-refractivity contribution >= 4 is 30.1 Å². The van der Waals surface area contributed by atoms with Crippen LogP contribution in [0.25, 0.3) is 12.2 Å². The zero-order valence-corrected chi connectivity index (χ0v) is 19.7. The molecule has 4 atom stereocenters. The van der Waals surface area contributed by atoms with Crippen molar-refractivity contribution in [3.63, 3.8) is 0 Å². The number of carboxylic acids is 1. The molecule has 196 valence electrons. The lowest BCUT2D eigenvalue weighted by atomic mass is 9.79. The molecular formula is C26H26O11. The topological polar surface area (TPSA) is 180 Å². The van der Waals surface area contributed by atoms with Crippen LogP contribution in [0.2, 0.25) is 0 Å². The second-order valence-electron chi connectivity index (χ2n) is 8.38. The Bertz CT molecular complexity index is 1200.